The molecule has 3 heteroatoms. The number of hydrogen-bond acceptors (Lipinski definition) is 3. The normalized spacial score (nSPS) is 10.7. The van der Waals surface area contributed by atoms with Crippen LogP contribution in [0.2, 0.25) is 0 Å². The molecule has 0 saturated heterocycles. The number of esters is 1. The summed E-state index contributed by atoms with van der Waals surface area (Å²) in [6, 6.07) is 2.29. The average Bonchev–Trinajstić information content (AvgIpc) is 2.90. The van der Waals surface area contributed by atoms with E-state index in [0.717, 1.165) is 39.1 Å². The Morgan fingerprint density at radius 2 is 1.00 bits per heavy atom. The van der Waals surface area contributed by atoms with Crippen LogP contribution in [0.5, 0.6) is 5.75 Å². The van der Waals surface area contributed by atoms with Gasteiger partial charge < -0.3 is 9.47 Å². The van der Waals surface area contributed by atoms with Gasteiger partial charge in [0.1, 0.15) is 5.75 Å². The Kier molecular flexibility index (Phi) is 9.05. The third-order valence-electron chi connectivity index (χ3n) is 8.85. The number of benzene rings is 3. The molecule has 40 heavy (non-hydrogen) atoms. The van der Waals surface area contributed by atoms with Gasteiger partial charge in [0, 0.05) is 16.7 Å². The maximum atomic E-state index is 11.8. The van der Waals surface area contributed by atoms with Crippen LogP contribution in [0.3, 0.4) is 0 Å². The Hall–Kier alpha value is -3.77. The maximum Gasteiger partial charge on any atom is 0.335 e. The Bertz CT molecular complexity index is 1540. The van der Waals surface area contributed by atoms with E-state index >= 15 is 0 Å². The first-order valence-electron chi connectivity index (χ1n) is 13.9. The molecule has 3 rings (SSSR count). The van der Waals surface area contributed by atoms with Crippen molar-refractivity contribution in [2.45, 2.75) is 90.0 Å². The van der Waals surface area contributed by atoms with E-state index < -0.39 is 5.97 Å². The molecule has 0 atom stereocenters. The second kappa shape index (κ2) is 11.8. The Morgan fingerprint density at radius 1 is 0.625 bits per heavy atom. The van der Waals surface area contributed by atoms with E-state index in [1.165, 1.54) is 55.6 Å². The molecule has 0 aliphatic rings. The summed E-state index contributed by atoms with van der Waals surface area (Å²) in [7, 11) is 0. The second-order valence-electron chi connectivity index (χ2n) is 11.3. The van der Waals surface area contributed by atoms with Gasteiger partial charge in [-0.2, -0.15) is 0 Å². The van der Waals surface area contributed by atoms with Crippen molar-refractivity contribution in [2.75, 3.05) is 6.79 Å². The molecule has 3 nitrogen and oxygen atoms in total. The largest absolute Gasteiger partial charge is 0.457 e. The SMILES string of the molecule is C=C(C)C(=O)OCOc1c(C)c(C)c(C#Cc2c(C)c(C)c(-c3c(C)c(C)cc(C)c3C)c(C)c2C)c(C)c1C. The molecule has 3 aromatic rings. The zero-order chi connectivity index (χ0) is 30.2. The van der Waals surface area contributed by atoms with E-state index in [2.05, 4.69) is 93.7 Å². The minimum absolute atomic E-state index is 0.153. The van der Waals surface area contributed by atoms with Crippen molar-refractivity contribution in [3.63, 3.8) is 0 Å². The molecule has 0 fully saturated rings. The van der Waals surface area contributed by atoms with Crippen LogP contribution >= 0.6 is 0 Å². The lowest BCUT2D eigenvalue weighted by Gasteiger charge is -2.23. The molecule has 0 radical (unpaired) electrons. The minimum atomic E-state index is -0.462. The third-order valence-corrected chi connectivity index (χ3v) is 8.85. The molecule has 0 N–H and O–H groups in total. The number of ether oxygens (including phenoxy) is 2. The van der Waals surface area contributed by atoms with Gasteiger partial charge in [0.2, 0.25) is 6.79 Å². The highest BCUT2D eigenvalue weighted by Gasteiger charge is 2.20. The Balaban J connectivity index is 2.12. The van der Waals surface area contributed by atoms with E-state index in [0.29, 0.717) is 5.57 Å². The molecular weight excluding hydrogens is 492 g/mol. The molecule has 0 aliphatic heterocycles. The van der Waals surface area contributed by atoms with E-state index in [1.807, 2.05) is 13.8 Å². The zero-order valence-corrected chi connectivity index (χ0v) is 26.7. The summed E-state index contributed by atoms with van der Waals surface area (Å²) < 4.78 is 11.1. The van der Waals surface area contributed by atoms with Crippen LogP contribution in [0.25, 0.3) is 11.1 Å². The smallest absolute Gasteiger partial charge is 0.335 e. The summed E-state index contributed by atoms with van der Waals surface area (Å²) >= 11 is 0. The quantitative estimate of drug-likeness (QED) is 0.141. The molecule has 0 saturated carbocycles. The monoisotopic (exact) mass is 536 g/mol. The topological polar surface area (TPSA) is 35.5 Å². The van der Waals surface area contributed by atoms with Gasteiger partial charge in [-0.25, -0.2) is 4.79 Å². The van der Waals surface area contributed by atoms with Gasteiger partial charge in [-0.15, -0.1) is 0 Å². The predicted octanol–water partition coefficient (Wildman–Crippen LogP) is 8.91. The fraction of sp³-hybridized carbons (Fsp3) is 0.378. The number of hydrogen-bond donors (Lipinski definition) is 0. The maximum absolute atomic E-state index is 11.8. The first-order valence-corrected chi connectivity index (χ1v) is 13.9. The van der Waals surface area contributed by atoms with Crippen molar-refractivity contribution in [3.05, 3.63) is 96.1 Å². The van der Waals surface area contributed by atoms with Crippen molar-refractivity contribution in [3.8, 4) is 28.7 Å². The van der Waals surface area contributed by atoms with E-state index in [1.54, 1.807) is 6.92 Å². The van der Waals surface area contributed by atoms with Gasteiger partial charge >= 0.3 is 5.97 Å². The molecule has 210 valence electrons. The van der Waals surface area contributed by atoms with Gasteiger partial charge in [0.05, 0.1) is 0 Å². The lowest BCUT2D eigenvalue weighted by atomic mass is 9.81. The summed E-state index contributed by atoms with van der Waals surface area (Å²) in [4.78, 5) is 11.8. The molecule has 0 amide bonds. The molecule has 0 aromatic heterocycles. The highest BCUT2D eigenvalue weighted by molar-refractivity contribution is 5.87. The van der Waals surface area contributed by atoms with Gasteiger partial charge in [0.25, 0.3) is 0 Å². The molecular formula is C37H44O3. The van der Waals surface area contributed by atoms with Gasteiger partial charge in [-0.1, -0.05) is 24.5 Å². The fourth-order valence-corrected chi connectivity index (χ4v) is 5.54. The molecule has 0 spiro atoms. The van der Waals surface area contributed by atoms with Crippen molar-refractivity contribution in [1.29, 1.82) is 0 Å². The Labute approximate surface area is 241 Å². The fourth-order valence-electron chi connectivity index (χ4n) is 5.54. The van der Waals surface area contributed by atoms with Gasteiger partial charge in [-0.3, -0.25) is 0 Å². The van der Waals surface area contributed by atoms with Crippen LogP contribution in [0, 0.1) is 94.9 Å². The van der Waals surface area contributed by atoms with Crippen LogP contribution < -0.4 is 4.74 Å². The van der Waals surface area contributed by atoms with Crippen LogP contribution in [0.15, 0.2) is 18.2 Å². The second-order valence-corrected chi connectivity index (χ2v) is 11.3. The third kappa shape index (κ3) is 5.46. The van der Waals surface area contributed by atoms with Gasteiger partial charge in [-0.05, 0) is 168 Å². The highest BCUT2D eigenvalue weighted by atomic mass is 16.7. The first-order chi connectivity index (χ1) is 18.6. The van der Waals surface area contributed by atoms with E-state index in [4.69, 9.17) is 9.47 Å². The van der Waals surface area contributed by atoms with Crippen LogP contribution in [-0.4, -0.2) is 12.8 Å². The minimum Gasteiger partial charge on any atom is -0.457 e. The number of aryl methyl sites for hydroxylation is 2. The standard InChI is InChI=1S/C37H44O3/c1-19(2)37(38)40-18-39-36-30(13)26(9)33(27(10)31(36)14)16-15-32-24(7)28(11)35(29(12)25(32)8)34-22(5)20(3)17-21(4)23(34)6/h17H,1,18H2,2-14H3. The van der Waals surface area contributed by atoms with Gasteiger partial charge in [0.15, 0.2) is 0 Å². The lowest BCUT2D eigenvalue weighted by molar-refractivity contribution is -0.145. The van der Waals surface area contributed by atoms with Crippen LogP contribution in [0.4, 0.5) is 0 Å². The summed E-state index contributed by atoms with van der Waals surface area (Å²) in [6.07, 6.45) is 0. The average molecular weight is 537 g/mol. The Morgan fingerprint density at radius 3 is 1.40 bits per heavy atom. The van der Waals surface area contributed by atoms with Crippen LogP contribution in [-0.2, 0) is 9.53 Å². The molecule has 0 unspecified atom stereocenters. The molecule has 0 heterocycles. The van der Waals surface area contributed by atoms with E-state index in [9.17, 15) is 4.79 Å². The molecule has 3 aromatic carbocycles. The lowest BCUT2D eigenvalue weighted by Crippen LogP contribution is -2.12. The molecule has 0 aliphatic carbocycles. The van der Waals surface area contributed by atoms with Crippen molar-refractivity contribution < 1.29 is 14.3 Å². The van der Waals surface area contributed by atoms with Crippen molar-refractivity contribution in [1.82, 2.24) is 0 Å². The highest BCUT2D eigenvalue weighted by Crippen LogP contribution is 2.39. The van der Waals surface area contributed by atoms with E-state index in [-0.39, 0.29) is 6.79 Å². The number of rotatable bonds is 5. The van der Waals surface area contributed by atoms with Crippen LogP contribution in [0.1, 0.15) is 84.8 Å². The zero-order valence-electron chi connectivity index (χ0n) is 26.7. The van der Waals surface area contributed by atoms with Crippen molar-refractivity contribution >= 4 is 5.97 Å². The summed E-state index contributed by atoms with van der Waals surface area (Å²) in [5.74, 6) is 7.37. The predicted molar refractivity (Wildman–Crippen MR) is 168 cm³/mol. The first kappa shape index (κ1) is 30.8. The molecule has 0 bridgehead atoms. The van der Waals surface area contributed by atoms with Crippen molar-refractivity contribution in [2.24, 2.45) is 0 Å². The summed E-state index contributed by atoms with van der Waals surface area (Å²) in [6.45, 7) is 31.0. The number of carbonyl (C=O) groups is 1. The number of carbonyl (C=O) groups excluding carboxylic acids is 1. The summed E-state index contributed by atoms with van der Waals surface area (Å²) in [5.41, 5.74) is 19.7. The summed E-state index contributed by atoms with van der Waals surface area (Å²) in [5, 5.41) is 0.